The van der Waals surface area contributed by atoms with E-state index in [0.29, 0.717) is 6.04 Å². The first-order chi connectivity index (χ1) is 7.13. The molecule has 1 aromatic heterocycles. The molecule has 2 unspecified atom stereocenters. The van der Waals surface area contributed by atoms with Gasteiger partial charge in [0, 0.05) is 6.04 Å². The number of aromatic nitrogens is 2. The van der Waals surface area contributed by atoms with Crippen LogP contribution < -0.4 is 5.32 Å². The van der Waals surface area contributed by atoms with Crippen LogP contribution in [-0.2, 0) is 0 Å². The van der Waals surface area contributed by atoms with Gasteiger partial charge in [0.15, 0.2) is 3.92 Å². The fourth-order valence-corrected chi connectivity index (χ4v) is 3.59. The van der Waals surface area contributed by atoms with Crippen molar-refractivity contribution in [3.8, 4) is 0 Å². The number of nitrogens with zero attached hydrogens (tertiary/aromatic N) is 2. The molecular formula is C10H16BrN3S. The third-order valence-electron chi connectivity index (χ3n) is 2.91. The Hall–Kier alpha value is -0.160. The summed E-state index contributed by atoms with van der Waals surface area (Å²) in [6, 6.07) is 0.573. The van der Waals surface area contributed by atoms with Gasteiger partial charge in [-0.3, -0.25) is 0 Å². The van der Waals surface area contributed by atoms with Crippen molar-refractivity contribution < 1.29 is 0 Å². The minimum atomic E-state index is 0.573. The van der Waals surface area contributed by atoms with Crippen LogP contribution in [0.25, 0.3) is 0 Å². The molecule has 2 atom stereocenters. The summed E-state index contributed by atoms with van der Waals surface area (Å²) >= 11 is 4.89. The monoisotopic (exact) mass is 289 g/mol. The van der Waals surface area contributed by atoms with E-state index in [2.05, 4.69) is 45.3 Å². The van der Waals surface area contributed by atoms with Crippen molar-refractivity contribution in [1.29, 1.82) is 0 Å². The number of hydrogen-bond donors (Lipinski definition) is 1. The van der Waals surface area contributed by atoms with Gasteiger partial charge in [0.25, 0.3) is 0 Å². The number of hydrogen-bond acceptors (Lipinski definition) is 4. The first-order valence-electron chi connectivity index (χ1n) is 5.39. The van der Waals surface area contributed by atoms with E-state index in [4.69, 9.17) is 0 Å². The van der Waals surface area contributed by atoms with Crippen LogP contribution in [0.4, 0.5) is 5.13 Å². The number of nitrogens with one attached hydrogen (secondary N) is 1. The van der Waals surface area contributed by atoms with E-state index in [1.807, 2.05) is 0 Å². The van der Waals surface area contributed by atoms with Crippen LogP contribution >= 0.6 is 27.3 Å². The Labute approximate surface area is 103 Å². The zero-order valence-corrected chi connectivity index (χ0v) is 11.4. The average Bonchev–Trinajstić information content (AvgIpc) is 2.49. The van der Waals surface area contributed by atoms with Gasteiger partial charge in [-0.25, -0.2) is 0 Å². The van der Waals surface area contributed by atoms with E-state index in [1.54, 1.807) is 11.3 Å². The van der Waals surface area contributed by atoms with Crippen LogP contribution in [0.15, 0.2) is 3.92 Å². The predicted molar refractivity (Wildman–Crippen MR) is 67.2 cm³/mol. The lowest BCUT2D eigenvalue weighted by molar-refractivity contribution is 0.280. The highest BCUT2D eigenvalue weighted by molar-refractivity contribution is 9.11. The molecular weight excluding hydrogens is 274 g/mol. The van der Waals surface area contributed by atoms with Crippen molar-refractivity contribution in [2.24, 2.45) is 11.8 Å². The quantitative estimate of drug-likeness (QED) is 0.905. The maximum absolute atomic E-state index is 4.07. The zero-order valence-electron chi connectivity index (χ0n) is 9.03. The van der Waals surface area contributed by atoms with E-state index in [1.165, 1.54) is 19.3 Å². The van der Waals surface area contributed by atoms with Crippen molar-refractivity contribution in [2.75, 3.05) is 5.32 Å². The summed E-state index contributed by atoms with van der Waals surface area (Å²) in [5.74, 6) is 1.64. The van der Waals surface area contributed by atoms with Crippen molar-refractivity contribution >= 4 is 32.4 Å². The molecule has 0 spiro atoms. The molecule has 84 valence electrons. The summed E-state index contributed by atoms with van der Waals surface area (Å²) in [5, 5.41) is 12.4. The molecule has 1 saturated carbocycles. The summed E-state index contributed by atoms with van der Waals surface area (Å²) in [5.41, 5.74) is 0. The van der Waals surface area contributed by atoms with Gasteiger partial charge in [-0.1, -0.05) is 25.2 Å². The van der Waals surface area contributed by atoms with Gasteiger partial charge in [-0.05, 0) is 47.0 Å². The molecule has 1 aromatic rings. The number of rotatable bonds is 2. The molecule has 0 radical (unpaired) electrons. The zero-order chi connectivity index (χ0) is 10.8. The minimum Gasteiger partial charge on any atom is -0.357 e. The van der Waals surface area contributed by atoms with E-state index >= 15 is 0 Å². The maximum atomic E-state index is 4.07. The van der Waals surface area contributed by atoms with Crippen molar-refractivity contribution in [1.82, 2.24) is 10.2 Å². The lowest BCUT2D eigenvalue weighted by Gasteiger charge is -2.31. The van der Waals surface area contributed by atoms with Crippen LogP contribution in [0.3, 0.4) is 0 Å². The second kappa shape index (κ2) is 4.78. The molecule has 2 rings (SSSR count). The highest BCUT2D eigenvalue weighted by Gasteiger charge is 2.24. The average molecular weight is 290 g/mol. The highest BCUT2D eigenvalue weighted by Crippen LogP contribution is 2.31. The maximum Gasteiger partial charge on any atom is 0.206 e. The van der Waals surface area contributed by atoms with E-state index in [-0.39, 0.29) is 0 Å². The van der Waals surface area contributed by atoms with Crippen LogP contribution in [0, 0.1) is 11.8 Å². The van der Waals surface area contributed by atoms with Gasteiger partial charge >= 0.3 is 0 Å². The first kappa shape index (κ1) is 11.3. The fourth-order valence-electron chi connectivity index (χ4n) is 2.50. The van der Waals surface area contributed by atoms with E-state index < -0.39 is 0 Å². The van der Waals surface area contributed by atoms with E-state index in [9.17, 15) is 0 Å². The molecule has 0 amide bonds. The van der Waals surface area contributed by atoms with Gasteiger partial charge in [-0.15, -0.1) is 10.2 Å². The molecule has 0 bridgehead atoms. The third-order valence-corrected chi connectivity index (χ3v) is 4.19. The topological polar surface area (TPSA) is 37.8 Å². The molecule has 1 heterocycles. The summed E-state index contributed by atoms with van der Waals surface area (Å²) in [7, 11) is 0. The molecule has 1 aliphatic rings. The standard InChI is InChI=1S/C10H16BrN3S/c1-6-3-7(2)5-8(4-6)12-10-14-13-9(11)15-10/h6-8H,3-5H2,1-2H3,(H,12,14). The van der Waals surface area contributed by atoms with Gasteiger partial charge < -0.3 is 5.32 Å². The van der Waals surface area contributed by atoms with Gasteiger partial charge in [-0.2, -0.15) is 0 Å². The van der Waals surface area contributed by atoms with Crippen molar-refractivity contribution in [3.05, 3.63) is 3.92 Å². The predicted octanol–water partition coefficient (Wildman–Crippen LogP) is 3.54. The van der Waals surface area contributed by atoms with Gasteiger partial charge in [0.05, 0.1) is 0 Å². The lowest BCUT2D eigenvalue weighted by Crippen LogP contribution is -2.30. The van der Waals surface area contributed by atoms with Crippen molar-refractivity contribution in [2.45, 2.75) is 39.2 Å². The molecule has 1 N–H and O–H groups in total. The molecule has 1 aliphatic carbocycles. The fraction of sp³-hybridized carbons (Fsp3) is 0.800. The minimum absolute atomic E-state index is 0.573. The SMILES string of the molecule is CC1CC(C)CC(Nc2nnc(Br)s2)C1. The molecule has 0 aromatic carbocycles. The molecule has 3 nitrogen and oxygen atoms in total. The Bertz CT molecular complexity index is 318. The Balaban J connectivity index is 1.94. The molecule has 5 heteroatoms. The van der Waals surface area contributed by atoms with Crippen LogP contribution in [0.2, 0.25) is 0 Å². The normalized spacial score (nSPS) is 31.5. The molecule has 15 heavy (non-hydrogen) atoms. The summed E-state index contributed by atoms with van der Waals surface area (Å²) in [4.78, 5) is 0. The van der Waals surface area contributed by atoms with Crippen LogP contribution in [-0.4, -0.2) is 16.2 Å². The molecule has 1 fully saturated rings. The summed E-state index contributed by atoms with van der Waals surface area (Å²) in [6.45, 7) is 4.67. The lowest BCUT2D eigenvalue weighted by atomic mass is 9.80. The van der Waals surface area contributed by atoms with E-state index in [0.717, 1.165) is 20.9 Å². The smallest absolute Gasteiger partial charge is 0.206 e. The van der Waals surface area contributed by atoms with Gasteiger partial charge in [0.1, 0.15) is 0 Å². The Morgan fingerprint density at radius 1 is 1.20 bits per heavy atom. The third kappa shape index (κ3) is 3.14. The van der Waals surface area contributed by atoms with Crippen LogP contribution in [0.5, 0.6) is 0 Å². The second-order valence-electron chi connectivity index (χ2n) is 4.62. The summed E-state index contributed by atoms with van der Waals surface area (Å²) in [6.07, 6.45) is 3.86. The largest absolute Gasteiger partial charge is 0.357 e. The van der Waals surface area contributed by atoms with Gasteiger partial charge in [0.2, 0.25) is 5.13 Å². The van der Waals surface area contributed by atoms with Crippen molar-refractivity contribution in [3.63, 3.8) is 0 Å². The van der Waals surface area contributed by atoms with Crippen LogP contribution in [0.1, 0.15) is 33.1 Å². The number of anilines is 1. The Morgan fingerprint density at radius 3 is 2.40 bits per heavy atom. The molecule has 0 aliphatic heterocycles. The Kier molecular flexibility index (Phi) is 3.61. The molecule has 0 saturated heterocycles. The second-order valence-corrected chi connectivity index (χ2v) is 6.87. The highest BCUT2D eigenvalue weighted by atomic mass is 79.9. The summed E-state index contributed by atoms with van der Waals surface area (Å²) < 4.78 is 0.849. The Morgan fingerprint density at radius 2 is 1.87 bits per heavy atom. The number of halogens is 1. The first-order valence-corrected chi connectivity index (χ1v) is 7.00.